The highest BCUT2D eigenvalue weighted by atomic mass is 31.3. The third-order valence-corrected chi connectivity index (χ3v) is 12.3. The molecule has 53 heavy (non-hydrogen) atoms. The van der Waals surface area contributed by atoms with Gasteiger partial charge in [-0.3, -0.25) is 28.0 Å². The number of phosphoric ester groups is 2. The summed E-state index contributed by atoms with van der Waals surface area (Å²) in [7, 11) is -12.9. The molecule has 30 heteroatoms. The summed E-state index contributed by atoms with van der Waals surface area (Å²) in [4.78, 5) is 61.4. The Morgan fingerprint density at radius 2 is 1.62 bits per heavy atom. The summed E-state index contributed by atoms with van der Waals surface area (Å²) < 4.78 is 75.9. The minimum absolute atomic E-state index is 0.0266. The van der Waals surface area contributed by atoms with Gasteiger partial charge >= 0.3 is 29.1 Å². The average molecular weight is 816 g/mol. The van der Waals surface area contributed by atoms with Crippen molar-refractivity contribution in [1.29, 1.82) is 0 Å². The highest BCUT2D eigenvalue weighted by molar-refractivity contribution is 7.66. The maximum atomic E-state index is 12.6. The topological polar surface area (TPSA) is 373 Å². The second-order valence-electron chi connectivity index (χ2n) is 11.5. The molecule has 4 aromatic rings. The largest absolute Gasteiger partial charge is 0.490 e. The number of aliphatic hydroxyl groups excluding tert-OH is 3. The van der Waals surface area contributed by atoms with Crippen molar-refractivity contribution >= 4 is 57.6 Å². The molecule has 292 valence electrons. The first-order valence-corrected chi connectivity index (χ1v) is 19.5. The molecule has 11 atom stereocenters. The average Bonchev–Trinajstić information content (AvgIpc) is 3.80. The highest BCUT2D eigenvalue weighted by Gasteiger charge is 2.50. The van der Waals surface area contributed by atoms with Gasteiger partial charge in [-0.1, -0.05) is 4.98 Å². The van der Waals surface area contributed by atoms with Crippen molar-refractivity contribution in [2.75, 3.05) is 38.4 Å². The van der Waals surface area contributed by atoms with Crippen LogP contribution >= 0.6 is 23.5 Å². The number of hydrogen-bond acceptors (Lipinski definition) is 20. The van der Waals surface area contributed by atoms with Gasteiger partial charge in [-0.15, -0.1) is 0 Å². The van der Waals surface area contributed by atoms with E-state index in [0.29, 0.717) is 11.3 Å². The van der Waals surface area contributed by atoms with Crippen LogP contribution in [0.2, 0.25) is 0 Å². The number of aryl methyl sites for hydroxylation is 1. The van der Waals surface area contributed by atoms with Crippen LogP contribution in [-0.4, -0.2) is 128 Å². The van der Waals surface area contributed by atoms with Crippen molar-refractivity contribution in [2.45, 2.75) is 49.1 Å². The Bertz CT molecular complexity index is 2200. The summed E-state index contributed by atoms with van der Waals surface area (Å²) in [5, 5.41) is 34.8. The van der Waals surface area contributed by atoms with E-state index < -0.39 is 91.3 Å². The number of fused-ring (bicyclic) bond motifs is 2. The summed E-state index contributed by atoms with van der Waals surface area (Å²) in [6.07, 6.45) is -7.73. The first kappa shape index (κ1) is 39.4. The van der Waals surface area contributed by atoms with Gasteiger partial charge in [0.1, 0.15) is 48.5 Å². The summed E-state index contributed by atoms with van der Waals surface area (Å²) in [5.74, 6) is 0.128. The van der Waals surface area contributed by atoms with E-state index in [4.69, 9.17) is 24.5 Å². The summed E-state index contributed by atoms with van der Waals surface area (Å²) in [6.45, 7) is -1.99. The van der Waals surface area contributed by atoms with E-state index in [-0.39, 0.29) is 22.8 Å². The molecule has 0 spiro atoms. The van der Waals surface area contributed by atoms with E-state index in [1.807, 2.05) is 0 Å². The molecule has 0 saturated carbocycles. The summed E-state index contributed by atoms with van der Waals surface area (Å²) in [5.41, 5.74) is 5.62. The number of H-pyrrole nitrogens is 1. The van der Waals surface area contributed by atoms with Gasteiger partial charge in [0.05, 0.1) is 26.6 Å². The van der Waals surface area contributed by atoms with Crippen LogP contribution in [0.4, 0.5) is 11.8 Å². The molecule has 6 heterocycles. The van der Waals surface area contributed by atoms with E-state index in [2.05, 4.69) is 43.4 Å². The normalized spacial score (nSPS) is 29.7. The number of imidazole rings is 2. The van der Waals surface area contributed by atoms with Gasteiger partial charge in [-0.25, -0.2) is 33.2 Å². The van der Waals surface area contributed by atoms with Crippen LogP contribution in [-0.2, 0) is 52.6 Å². The fourth-order valence-electron chi connectivity index (χ4n) is 5.77. The van der Waals surface area contributed by atoms with Crippen LogP contribution < -0.4 is 21.2 Å². The SMILES string of the molecule is CNc1ncnc2c1ncn2C1OC(COP(=O)(O)OP(=O)(O)OP(=O)(O)OCC2OC([n+]3cn(C)c4c(=O)[nH]c(N)nc43)C(O)C2O)C(O)C1OC. The highest BCUT2D eigenvalue weighted by Crippen LogP contribution is 2.67. The smallest absolute Gasteiger partial charge is 0.387 e. The standard InChI is InChI=1S/C23H33N10O17P3/c1-25-17-11-18(27-6-26-17)32(7-28-11)22-16(44-3)14(35)10(48-22)5-46-52(40,41)50-53(42,43)49-51(38,39)45-4-9-13(34)15(36)21(47-9)33-8-31(2)12-19(33)29-23(24)30-20(12)37/h6-10,13-16,21-22,34-36H,4-5H2,1-3H3,(H6-,24,25,26,27,29,30,37,38,39,40,41,42,43)/p+1. The Balaban J connectivity index is 1.05. The molecule has 0 amide bonds. The fourth-order valence-corrected chi connectivity index (χ4v) is 9.29. The number of hydrogen-bond donors (Lipinski definition) is 9. The molecule has 0 bridgehead atoms. The lowest BCUT2D eigenvalue weighted by molar-refractivity contribution is -0.745. The van der Waals surface area contributed by atoms with Gasteiger partial charge in [0, 0.05) is 14.2 Å². The van der Waals surface area contributed by atoms with Gasteiger partial charge in [-0.05, 0) is 0 Å². The van der Waals surface area contributed by atoms with Crippen molar-refractivity contribution in [3.63, 3.8) is 0 Å². The molecule has 27 nitrogen and oxygen atoms in total. The Morgan fingerprint density at radius 1 is 0.981 bits per heavy atom. The number of aromatic nitrogens is 8. The monoisotopic (exact) mass is 815 g/mol. The number of phosphoric acid groups is 3. The van der Waals surface area contributed by atoms with Crippen LogP contribution in [0.5, 0.6) is 0 Å². The molecule has 2 saturated heterocycles. The number of nitrogen functional groups attached to an aromatic ring is 1. The molecular formula is C23H34N10O17P3+. The van der Waals surface area contributed by atoms with Gasteiger partial charge in [-0.2, -0.15) is 8.62 Å². The summed E-state index contributed by atoms with van der Waals surface area (Å²) in [6, 6.07) is 0. The molecule has 2 fully saturated rings. The predicted octanol–water partition coefficient (Wildman–Crippen LogP) is -2.73. The zero-order chi connectivity index (χ0) is 38.6. The van der Waals surface area contributed by atoms with Gasteiger partial charge in [0.15, 0.2) is 24.0 Å². The molecule has 0 aliphatic carbocycles. The van der Waals surface area contributed by atoms with Crippen molar-refractivity contribution in [1.82, 2.24) is 34.1 Å². The Kier molecular flexibility index (Phi) is 10.9. The molecular weight excluding hydrogens is 781 g/mol. The van der Waals surface area contributed by atoms with Crippen molar-refractivity contribution in [2.24, 2.45) is 7.05 Å². The maximum absolute atomic E-state index is 12.6. The number of nitrogens with two attached hydrogens (primary N) is 1. The Labute approximate surface area is 295 Å². The van der Waals surface area contributed by atoms with E-state index in [0.717, 1.165) is 4.57 Å². The van der Waals surface area contributed by atoms with Crippen LogP contribution in [0.3, 0.4) is 0 Å². The number of ether oxygens (including phenoxy) is 3. The molecule has 0 aromatic carbocycles. The lowest BCUT2D eigenvalue weighted by Crippen LogP contribution is -2.46. The minimum atomic E-state index is -5.95. The lowest BCUT2D eigenvalue weighted by Gasteiger charge is -2.21. The molecule has 4 aromatic heterocycles. The van der Waals surface area contributed by atoms with Gasteiger partial charge < -0.3 is 55.3 Å². The third-order valence-electron chi connectivity index (χ3n) is 8.07. The number of rotatable bonds is 14. The van der Waals surface area contributed by atoms with Crippen LogP contribution in [0.25, 0.3) is 22.3 Å². The minimum Gasteiger partial charge on any atom is -0.387 e. The fraction of sp³-hybridized carbons (Fsp3) is 0.565. The second kappa shape index (κ2) is 14.7. The number of methoxy groups -OCH3 is 1. The quantitative estimate of drug-likeness (QED) is 0.0461. The van der Waals surface area contributed by atoms with Crippen molar-refractivity contribution < 1.29 is 80.1 Å². The molecule has 0 radical (unpaired) electrons. The van der Waals surface area contributed by atoms with Gasteiger partial charge in [0.25, 0.3) is 11.5 Å². The Morgan fingerprint density at radius 3 is 2.25 bits per heavy atom. The zero-order valence-electron chi connectivity index (χ0n) is 27.5. The second-order valence-corrected chi connectivity index (χ2v) is 16.2. The van der Waals surface area contributed by atoms with Crippen LogP contribution in [0.15, 0.2) is 23.8 Å². The molecule has 6 rings (SSSR count). The molecule has 10 N–H and O–H groups in total. The number of anilines is 2. The van der Waals surface area contributed by atoms with E-state index in [9.17, 15) is 48.5 Å². The molecule has 11 unspecified atom stereocenters. The van der Waals surface area contributed by atoms with Crippen molar-refractivity contribution in [3.05, 3.63) is 29.3 Å². The number of nitrogens with zero attached hydrogens (tertiary/aromatic N) is 7. The predicted molar refractivity (Wildman–Crippen MR) is 171 cm³/mol. The number of aliphatic hydroxyl groups is 3. The number of aromatic amines is 1. The number of nitrogens with one attached hydrogen (secondary N) is 2. The third kappa shape index (κ3) is 7.92. The van der Waals surface area contributed by atoms with Crippen molar-refractivity contribution in [3.8, 4) is 0 Å². The van der Waals surface area contributed by atoms with E-state index in [1.54, 1.807) is 7.05 Å². The first-order chi connectivity index (χ1) is 24.8. The van der Waals surface area contributed by atoms with Crippen LogP contribution in [0.1, 0.15) is 12.5 Å². The zero-order valence-corrected chi connectivity index (χ0v) is 30.2. The van der Waals surface area contributed by atoms with E-state index >= 15 is 0 Å². The molecule has 2 aliphatic heterocycles. The van der Waals surface area contributed by atoms with E-state index in [1.165, 1.54) is 42.3 Å². The lowest BCUT2D eigenvalue weighted by atomic mass is 10.1. The van der Waals surface area contributed by atoms with Gasteiger partial charge in [0.2, 0.25) is 11.7 Å². The van der Waals surface area contributed by atoms with Crippen LogP contribution in [0, 0.1) is 0 Å². The Hall–Kier alpha value is -3.33. The maximum Gasteiger partial charge on any atom is 0.490 e. The first-order valence-electron chi connectivity index (χ1n) is 15.0. The molecule has 2 aliphatic rings. The summed E-state index contributed by atoms with van der Waals surface area (Å²) >= 11 is 0.